The number of H-pyrrole nitrogens is 1. The number of aromatic nitrogens is 2. The van der Waals surface area contributed by atoms with Gasteiger partial charge in [-0.2, -0.15) is 0 Å². The van der Waals surface area contributed by atoms with Gasteiger partial charge in [0.15, 0.2) is 0 Å². The highest BCUT2D eigenvalue weighted by Gasteiger charge is 2.31. The van der Waals surface area contributed by atoms with Crippen LogP contribution < -0.4 is 11.2 Å². The molecule has 3 rings (SSSR count). The summed E-state index contributed by atoms with van der Waals surface area (Å²) in [4.78, 5) is 51.6. The van der Waals surface area contributed by atoms with Crippen LogP contribution in [-0.2, 0) is 16.1 Å². The van der Waals surface area contributed by atoms with Gasteiger partial charge in [-0.1, -0.05) is 19.1 Å². The van der Waals surface area contributed by atoms with Crippen LogP contribution in [0.3, 0.4) is 0 Å². The number of rotatable bonds is 4. The molecule has 2 aromatic rings. The number of hydrogen-bond donors (Lipinski definition) is 2. The van der Waals surface area contributed by atoms with Crippen LogP contribution in [0.5, 0.6) is 0 Å². The van der Waals surface area contributed by atoms with Gasteiger partial charge in [0.2, 0.25) is 5.91 Å². The number of piperidine rings is 1. The van der Waals surface area contributed by atoms with Crippen LogP contribution >= 0.6 is 0 Å². The minimum atomic E-state index is -0.891. The average Bonchev–Trinajstić information content (AvgIpc) is 2.60. The van der Waals surface area contributed by atoms with E-state index in [9.17, 15) is 24.3 Å². The van der Waals surface area contributed by atoms with E-state index in [4.69, 9.17) is 0 Å². The first-order valence-electron chi connectivity index (χ1n) is 8.59. The number of nitrogens with one attached hydrogen (secondary N) is 1. The fourth-order valence-corrected chi connectivity index (χ4v) is 3.56. The molecule has 1 saturated heterocycles. The number of amides is 1. The van der Waals surface area contributed by atoms with Crippen molar-refractivity contribution in [1.29, 1.82) is 0 Å². The number of nitrogens with zero attached hydrogens (tertiary/aromatic N) is 2. The summed E-state index contributed by atoms with van der Waals surface area (Å²) < 4.78 is 1.37. The van der Waals surface area contributed by atoms with Gasteiger partial charge in [-0.25, -0.2) is 4.79 Å². The van der Waals surface area contributed by atoms with E-state index < -0.39 is 23.1 Å². The quantitative estimate of drug-likeness (QED) is 0.832. The summed E-state index contributed by atoms with van der Waals surface area (Å²) in [6.45, 7) is 2.76. The first-order valence-corrected chi connectivity index (χ1v) is 8.59. The highest BCUT2D eigenvalue weighted by molar-refractivity contribution is 5.79. The van der Waals surface area contributed by atoms with Crippen LogP contribution in [-0.4, -0.2) is 44.5 Å². The molecule has 1 aliphatic heterocycles. The number of carboxylic acids is 1. The molecule has 1 fully saturated rings. The van der Waals surface area contributed by atoms with Crippen LogP contribution in [0.2, 0.25) is 0 Å². The average molecular weight is 359 g/mol. The number of fused-ring (bicyclic) bond motifs is 1. The fraction of sp³-hybridized carbons (Fsp3) is 0.444. The number of hydrogen-bond acceptors (Lipinski definition) is 4. The van der Waals surface area contributed by atoms with Crippen molar-refractivity contribution >= 4 is 22.8 Å². The molecule has 8 heteroatoms. The maximum Gasteiger partial charge on any atom is 0.328 e. The van der Waals surface area contributed by atoms with Gasteiger partial charge in [0.1, 0.15) is 0 Å². The van der Waals surface area contributed by atoms with Crippen molar-refractivity contribution < 1.29 is 14.7 Å². The number of carbonyl (C=O) groups is 2. The minimum absolute atomic E-state index is 0.0645. The van der Waals surface area contributed by atoms with Gasteiger partial charge in [-0.3, -0.25) is 23.9 Å². The van der Waals surface area contributed by atoms with Crippen LogP contribution in [0.15, 0.2) is 33.9 Å². The Balaban J connectivity index is 1.78. The number of benzene rings is 1. The first-order chi connectivity index (χ1) is 12.4. The first kappa shape index (κ1) is 17.9. The number of carbonyl (C=O) groups excluding carboxylic acids is 1. The lowest BCUT2D eigenvalue weighted by molar-refractivity contribution is -0.146. The summed E-state index contributed by atoms with van der Waals surface area (Å²) in [5, 5.41) is 9.61. The number of aliphatic carboxylic acids is 1. The molecule has 1 amide bonds. The van der Waals surface area contributed by atoms with Crippen LogP contribution in [0.4, 0.5) is 0 Å². The van der Waals surface area contributed by atoms with Gasteiger partial charge in [-0.05, 0) is 24.5 Å². The van der Waals surface area contributed by atoms with E-state index in [0.717, 1.165) is 0 Å². The van der Waals surface area contributed by atoms with E-state index in [2.05, 4.69) is 4.98 Å². The van der Waals surface area contributed by atoms with Gasteiger partial charge in [0.05, 0.1) is 16.8 Å². The van der Waals surface area contributed by atoms with Crippen molar-refractivity contribution in [3.05, 3.63) is 45.1 Å². The number of aryl methyl sites for hydroxylation is 1. The van der Waals surface area contributed by atoms with Gasteiger partial charge in [-0.15, -0.1) is 0 Å². The highest BCUT2D eigenvalue weighted by Crippen LogP contribution is 2.22. The molecule has 1 aromatic heterocycles. The molecule has 0 aliphatic carbocycles. The second-order valence-corrected chi connectivity index (χ2v) is 6.85. The molecule has 8 nitrogen and oxygen atoms in total. The Morgan fingerprint density at radius 2 is 1.96 bits per heavy atom. The highest BCUT2D eigenvalue weighted by atomic mass is 16.4. The molecule has 1 aromatic carbocycles. The third-order valence-corrected chi connectivity index (χ3v) is 4.82. The molecule has 0 radical (unpaired) electrons. The van der Waals surface area contributed by atoms with Crippen molar-refractivity contribution in [2.24, 2.45) is 11.8 Å². The Kier molecular flexibility index (Phi) is 4.92. The Morgan fingerprint density at radius 3 is 2.69 bits per heavy atom. The summed E-state index contributed by atoms with van der Waals surface area (Å²) >= 11 is 0. The number of para-hydroxylation sites is 1. The number of carboxylic acid groups (broad SMARTS) is 1. The van der Waals surface area contributed by atoms with Crippen molar-refractivity contribution in [3.63, 3.8) is 0 Å². The van der Waals surface area contributed by atoms with E-state index in [1.165, 1.54) is 4.57 Å². The number of likely N-dealkylation sites (tertiary alicyclic amines) is 1. The Hall–Kier alpha value is -2.90. The maximum absolute atomic E-state index is 12.5. The van der Waals surface area contributed by atoms with Crippen LogP contribution in [0, 0.1) is 11.8 Å². The summed E-state index contributed by atoms with van der Waals surface area (Å²) in [5.74, 6) is -1.52. The molecular formula is C18H21N3O5. The zero-order chi connectivity index (χ0) is 18.8. The Bertz CT molecular complexity index is 961. The SMILES string of the molecule is CC1CC(C(=O)O)CN(C(=O)CCn2c(=O)[nH]c(=O)c3ccccc32)C1. The maximum atomic E-state index is 12.5. The lowest BCUT2D eigenvalue weighted by atomic mass is 9.90. The summed E-state index contributed by atoms with van der Waals surface area (Å²) in [5.41, 5.74) is -0.538. The summed E-state index contributed by atoms with van der Waals surface area (Å²) in [6, 6.07) is 6.72. The van der Waals surface area contributed by atoms with Crippen LogP contribution in [0.1, 0.15) is 19.8 Å². The van der Waals surface area contributed by atoms with Gasteiger partial charge in [0.25, 0.3) is 5.56 Å². The third kappa shape index (κ3) is 3.54. The molecular weight excluding hydrogens is 338 g/mol. The van der Waals surface area contributed by atoms with Crippen molar-refractivity contribution in [1.82, 2.24) is 14.5 Å². The van der Waals surface area contributed by atoms with Gasteiger partial charge >= 0.3 is 11.7 Å². The van der Waals surface area contributed by atoms with E-state index in [0.29, 0.717) is 23.9 Å². The molecule has 0 bridgehead atoms. The molecule has 2 heterocycles. The lowest BCUT2D eigenvalue weighted by Gasteiger charge is -2.34. The zero-order valence-electron chi connectivity index (χ0n) is 14.5. The van der Waals surface area contributed by atoms with E-state index in [-0.39, 0.29) is 31.3 Å². The standard InChI is InChI=1S/C18H21N3O5/c1-11-8-12(17(24)25)10-20(9-11)15(22)6-7-21-14-5-3-2-4-13(14)16(23)19-18(21)26/h2-5,11-12H,6-10H2,1H3,(H,24,25)(H,19,23,26). The molecule has 138 valence electrons. The molecule has 0 spiro atoms. The smallest absolute Gasteiger partial charge is 0.328 e. The Labute approximate surface area is 149 Å². The summed E-state index contributed by atoms with van der Waals surface area (Å²) in [7, 11) is 0. The molecule has 1 aliphatic rings. The Morgan fingerprint density at radius 1 is 1.23 bits per heavy atom. The van der Waals surface area contributed by atoms with E-state index in [1.54, 1.807) is 29.2 Å². The molecule has 26 heavy (non-hydrogen) atoms. The fourth-order valence-electron chi connectivity index (χ4n) is 3.56. The normalized spacial score (nSPS) is 20.3. The molecule has 2 N–H and O–H groups in total. The second kappa shape index (κ2) is 7.15. The third-order valence-electron chi connectivity index (χ3n) is 4.82. The van der Waals surface area contributed by atoms with E-state index >= 15 is 0 Å². The predicted molar refractivity (Wildman–Crippen MR) is 94.9 cm³/mol. The van der Waals surface area contributed by atoms with Crippen molar-refractivity contribution in [2.75, 3.05) is 13.1 Å². The predicted octanol–water partition coefficient (Wildman–Crippen LogP) is 0.649. The van der Waals surface area contributed by atoms with Crippen molar-refractivity contribution in [3.8, 4) is 0 Å². The van der Waals surface area contributed by atoms with E-state index in [1.807, 2.05) is 6.92 Å². The van der Waals surface area contributed by atoms with Crippen molar-refractivity contribution in [2.45, 2.75) is 26.3 Å². The molecule has 2 unspecified atom stereocenters. The molecule has 0 saturated carbocycles. The monoisotopic (exact) mass is 359 g/mol. The zero-order valence-corrected chi connectivity index (χ0v) is 14.5. The molecule has 2 atom stereocenters. The second-order valence-electron chi connectivity index (χ2n) is 6.85. The lowest BCUT2D eigenvalue weighted by Crippen LogP contribution is -2.46. The topological polar surface area (TPSA) is 112 Å². The summed E-state index contributed by atoms with van der Waals surface area (Å²) in [6.07, 6.45) is 0.623. The minimum Gasteiger partial charge on any atom is -0.481 e. The largest absolute Gasteiger partial charge is 0.481 e. The van der Waals surface area contributed by atoms with Gasteiger partial charge < -0.3 is 10.0 Å². The van der Waals surface area contributed by atoms with Gasteiger partial charge in [0, 0.05) is 26.1 Å². The number of aromatic amines is 1. The van der Waals surface area contributed by atoms with Crippen LogP contribution in [0.25, 0.3) is 10.9 Å².